The number of allylic oxidation sites excluding steroid dienone is 6. The lowest BCUT2D eigenvalue weighted by Crippen LogP contribution is -1.99. The zero-order valence-corrected chi connectivity index (χ0v) is 12.4. The van der Waals surface area contributed by atoms with Crippen molar-refractivity contribution >= 4 is 5.97 Å². The summed E-state index contributed by atoms with van der Waals surface area (Å²) in [5.74, 6) is -0.181. The van der Waals surface area contributed by atoms with Gasteiger partial charge in [0.2, 0.25) is 0 Å². The number of hydrogen-bond acceptors (Lipinski definition) is 2. The predicted molar refractivity (Wildman–Crippen MR) is 82.0 cm³/mol. The van der Waals surface area contributed by atoms with Crippen molar-refractivity contribution in [1.29, 1.82) is 0 Å². The van der Waals surface area contributed by atoms with Crippen LogP contribution in [0.15, 0.2) is 36.5 Å². The topological polar surface area (TPSA) is 26.3 Å². The van der Waals surface area contributed by atoms with E-state index >= 15 is 0 Å². The quantitative estimate of drug-likeness (QED) is 0.228. The Morgan fingerprint density at radius 1 is 0.895 bits per heavy atom. The minimum atomic E-state index is -0.181. The first-order valence-electron chi connectivity index (χ1n) is 7.33. The maximum absolute atomic E-state index is 10.5. The molecule has 0 fully saturated rings. The number of carbonyl (C=O) groups is 1. The second-order valence-corrected chi connectivity index (χ2v) is 4.55. The summed E-state index contributed by atoms with van der Waals surface area (Å²) in [5, 5.41) is 0. The first kappa shape index (κ1) is 17.7. The van der Waals surface area contributed by atoms with Crippen LogP contribution in [0.5, 0.6) is 0 Å². The van der Waals surface area contributed by atoms with Crippen molar-refractivity contribution < 1.29 is 9.53 Å². The van der Waals surface area contributed by atoms with Crippen LogP contribution in [0.2, 0.25) is 0 Å². The van der Waals surface area contributed by atoms with Crippen LogP contribution in [-0.2, 0) is 9.53 Å². The Balaban J connectivity index is 3.19. The fraction of sp³-hybridized carbons (Fsp3) is 0.588. The summed E-state index contributed by atoms with van der Waals surface area (Å²) >= 11 is 0. The summed E-state index contributed by atoms with van der Waals surface area (Å²) in [6.07, 6.45) is 20.9. The van der Waals surface area contributed by atoms with E-state index in [9.17, 15) is 4.79 Å². The minimum absolute atomic E-state index is 0.181. The molecule has 0 amide bonds. The van der Waals surface area contributed by atoms with Gasteiger partial charge in [0, 0.05) is 6.92 Å². The van der Waals surface area contributed by atoms with E-state index in [1.807, 2.05) is 13.0 Å². The maximum Gasteiger partial charge on any atom is 0.302 e. The summed E-state index contributed by atoms with van der Waals surface area (Å²) in [6.45, 7) is 4.04. The van der Waals surface area contributed by atoms with Gasteiger partial charge in [-0.3, -0.25) is 4.79 Å². The van der Waals surface area contributed by atoms with Crippen molar-refractivity contribution in [1.82, 2.24) is 0 Å². The van der Waals surface area contributed by atoms with Gasteiger partial charge >= 0.3 is 5.97 Å². The highest BCUT2D eigenvalue weighted by Gasteiger charge is 1.91. The predicted octanol–water partition coefficient (Wildman–Crippen LogP) is 4.97. The Kier molecular flexibility index (Phi) is 13.7. The first-order chi connectivity index (χ1) is 9.27. The molecule has 0 unspecified atom stereocenters. The molecule has 108 valence electrons. The van der Waals surface area contributed by atoms with Gasteiger partial charge in [-0.15, -0.1) is 0 Å². The van der Waals surface area contributed by atoms with Gasteiger partial charge in [0.05, 0.1) is 6.61 Å². The van der Waals surface area contributed by atoms with Crippen molar-refractivity contribution in [2.75, 3.05) is 6.61 Å². The molecule has 0 aromatic rings. The normalized spacial score (nSPS) is 11.9. The summed E-state index contributed by atoms with van der Waals surface area (Å²) in [7, 11) is 0. The molecule has 2 nitrogen and oxygen atoms in total. The molecule has 0 heterocycles. The molecule has 0 spiro atoms. The molecule has 0 aliphatic heterocycles. The van der Waals surface area contributed by atoms with Crippen LogP contribution in [0, 0.1) is 0 Å². The van der Waals surface area contributed by atoms with Gasteiger partial charge in [-0.2, -0.15) is 0 Å². The van der Waals surface area contributed by atoms with E-state index in [0.717, 1.165) is 19.3 Å². The number of unbranched alkanes of at least 4 members (excludes halogenated alkanes) is 5. The van der Waals surface area contributed by atoms with Gasteiger partial charge in [-0.25, -0.2) is 0 Å². The fourth-order valence-corrected chi connectivity index (χ4v) is 1.63. The number of carbonyl (C=O) groups excluding carboxylic acids is 1. The standard InChI is InChI=1S/C17H28O2/c1-3-4-5-6-7-8-9-10-11-12-13-14-15-16-19-17(2)18/h3-6,11-12H,7-10,13-16H2,1-2H3/b4-3+,6-5+,12-11+. The smallest absolute Gasteiger partial charge is 0.302 e. The average molecular weight is 264 g/mol. The zero-order valence-electron chi connectivity index (χ0n) is 12.4. The summed E-state index contributed by atoms with van der Waals surface area (Å²) in [6, 6.07) is 0. The van der Waals surface area contributed by atoms with Crippen molar-refractivity contribution in [3.05, 3.63) is 36.5 Å². The van der Waals surface area contributed by atoms with Crippen molar-refractivity contribution in [3.63, 3.8) is 0 Å². The fourth-order valence-electron chi connectivity index (χ4n) is 1.63. The molecule has 0 aliphatic rings. The van der Waals surface area contributed by atoms with Crippen LogP contribution >= 0.6 is 0 Å². The number of rotatable bonds is 11. The largest absolute Gasteiger partial charge is 0.466 e. The van der Waals surface area contributed by atoms with E-state index in [0.29, 0.717) is 6.61 Å². The van der Waals surface area contributed by atoms with Gasteiger partial charge in [-0.1, -0.05) is 36.5 Å². The third-order valence-electron chi connectivity index (χ3n) is 2.67. The Morgan fingerprint density at radius 2 is 1.47 bits per heavy atom. The first-order valence-corrected chi connectivity index (χ1v) is 7.33. The SMILES string of the molecule is C/C=C/C=C/CCCC/C=C/CCCCOC(C)=O. The molecule has 19 heavy (non-hydrogen) atoms. The molecule has 0 aliphatic carbocycles. The van der Waals surface area contributed by atoms with E-state index in [2.05, 4.69) is 30.4 Å². The highest BCUT2D eigenvalue weighted by molar-refractivity contribution is 5.65. The molecule has 0 N–H and O–H groups in total. The lowest BCUT2D eigenvalue weighted by Gasteiger charge is -1.99. The Bertz CT molecular complexity index is 288. The average Bonchev–Trinajstić information content (AvgIpc) is 2.39. The van der Waals surface area contributed by atoms with Gasteiger partial charge < -0.3 is 4.74 Å². The second kappa shape index (κ2) is 14.7. The lowest BCUT2D eigenvalue weighted by atomic mass is 10.1. The van der Waals surface area contributed by atoms with Gasteiger partial charge in [0.25, 0.3) is 0 Å². The van der Waals surface area contributed by atoms with Crippen LogP contribution in [-0.4, -0.2) is 12.6 Å². The van der Waals surface area contributed by atoms with Gasteiger partial charge in [0.1, 0.15) is 0 Å². The van der Waals surface area contributed by atoms with E-state index in [4.69, 9.17) is 4.74 Å². The lowest BCUT2D eigenvalue weighted by molar-refractivity contribution is -0.141. The van der Waals surface area contributed by atoms with E-state index in [1.165, 1.54) is 32.6 Å². The van der Waals surface area contributed by atoms with Crippen LogP contribution < -0.4 is 0 Å². The second-order valence-electron chi connectivity index (χ2n) is 4.55. The van der Waals surface area contributed by atoms with Gasteiger partial charge in [-0.05, 0) is 51.9 Å². The van der Waals surface area contributed by atoms with Crippen molar-refractivity contribution in [3.8, 4) is 0 Å². The summed E-state index contributed by atoms with van der Waals surface area (Å²) in [4.78, 5) is 10.5. The van der Waals surface area contributed by atoms with E-state index < -0.39 is 0 Å². The molecular weight excluding hydrogens is 236 g/mol. The summed E-state index contributed by atoms with van der Waals surface area (Å²) in [5.41, 5.74) is 0. The van der Waals surface area contributed by atoms with Crippen molar-refractivity contribution in [2.24, 2.45) is 0 Å². The molecule has 0 saturated heterocycles. The molecule has 0 saturated carbocycles. The highest BCUT2D eigenvalue weighted by atomic mass is 16.5. The molecule has 2 heteroatoms. The molecule has 0 aromatic heterocycles. The Morgan fingerprint density at radius 3 is 2.05 bits per heavy atom. The van der Waals surface area contributed by atoms with Crippen LogP contribution in [0.1, 0.15) is 58.8 Å². The Labute approximate surface area is 118 Å². The minimum Gasteiger partial charge on any atom is -0.466 e. The molecule has 0 aromatic carbocycles. The van der Waals surface area contributed by atoms with Crippen molar-refractivity contribution in [2.45, 2.75) is 58.8 Å². The molecule has 0 bridgehead atoms. The highest BCUT2D eigenvalue weighted by Crippen LogP contribution is 2.04. The molecule has 0 rings (SSSR count). The molecule has 0 atom stereocenters. The molecule has 0 radical (unpaired) electrons. The zero-order chi connectivity index (χ0) is 14.2. The van der Waals surface area contributed by atoms with Gasteiger partial charge in [0.15, 0.2) is 0 Å². The van der Waals surface area contributed by atoms with E-state index in [1.54, 1.807) is 0 Å². The third-order valence-corrected chi connectivity index (χ3v) is 2.67. The number of esters is 1. The van der Waals surface area contributed by atoms with Crippen LogP contribution in [0.25, 0.3) is 0 Å². The number of hydrogen-bond donors (Lipinski definition) is 0. The number of ether oxygens (including phenoxy) is 1. The monoisotopic (exact) mass is 264 g/mol. The maximum atomic E-state index is 10.5. The Hall–Kier alpha value is -1.31. The third kappa shape index (κ3) is 16.7. The van der Waals surface area contributed by atoms with Crippen LogP contribution in [0.4, 0.5) is 0 Å². The van der Waals surface area contributed by atoms with E-state index in [-0.39, 0.29) is 5.97 Å². The summed E-state index contributed by atoms with van der Waals surface area (Å²) < 4.78 is 4.87. The molecular formula is C17H28O2. The van der Waals surface area contributed by atoms with Crippen LogP contribution in [0.3, 0.4) is 0 Å².